The first kappa shape index (κ1) is 15.1. The highest BCUT2D eigenvalue weighted by atomic mass is 28.3. The molecule has 4 rings (SSSR count). The fraction of sp³-hybridized carbons (Fsp3) is 0.263. The molecule has 0 aliphatic carbocycles. The van der Waals surface area contributed by atoms with Gasteiger partial charge in [-0.05, 0) is 35.3 Å². The molecule has 0 spiro atoms. The number of benzene rings is 1. The van der Waals surface area contributed by atoms with E-state index in [4.69, 9.17) is 0 Å². The number of allylic oxidation sites excluding steroid dienone is 1. The number of pyridine rings is 1. The van der Waals surface area contributed by atoms with Crippen molar-refractivity contribution in [2.24, 2.45) is 0 Å². The number of nitrogens with one attached hydrogen (secondary N) is 1. The molecule has 1 fully saturated rings. The van der Waals surface area contributed by atoms with E-state index in [9.17, 15) is 4.79 Å². The maximum Gasteiger partial charge on any atom is 0.247 e. The van der Waals surface area contributed by atoms with Crippen molar-refractivity contribution in [3.05, 3.63) is 54.9 Å². The smallest absolute Gasteiger partial charge is 0.247 e. The van der Waals surface area contributed by atoms with Crippen molar-refractivity contribution in [2.75, 3.05) is 4.90 Å². The molecule has 1 aromatic heterocycles. The molecular weight excluding hydrogens is 314 g/mol. The Balaban J connectivity index is 1.92. The van der Waals surface area contributed by atoms with E-state index in [-0.39, 0.29) is 11.9 Å². The van der Waals surface area contributed by atoms with Crippen molar-refractivity contribution in [1.82, 2.24) is 10.3 Å². The number of para-hydroxylation sites is 1. The number of aromatic nitrogens is 1. The molecule has 4 nitrogen and oxygen atoms in total. The fourth-order valence-electron chi connectivity index (χ4n) is 3.87. The van der Waals surface area contributed by atoms with Crippen molar-refractivity contribution in [2.45, 2.75) is 32.0 Å². The van der Waals surface area contributed by atoms with Crippen LogP contribution in [-0.2, 0) is 4.79 Å². The van der Waals surface area contributed by atoms with Crippen molar-refractivity contribution < 1.29 is 4.79 Å². The molecule has 0 saturated carbocycles. The van der Waals surface area contributed by atoms with Crippen LogP contribution in [0.15, 0.2) is 54.9 Å². The highest BCUT2D eigenvalue weighted by molar-refractivity contribution is 7.02. The molecule has 1 unspecified atom stereocenters. The zero-order valence-corrected chi connectivity index (χ0v) is 15.0. The SMILES string of the molecule is C=C1CCC(N2c3ccccc3[Si](C)(C)c3cccnc32)C(=O)N1. The molecule has 1 saturated heterocycles. The van der Waals surface area contributed by atoms with Crippen LogP contribution in [-0.4, -0.2) is 25.0 Å². The van der Waals surface area contributed by atoms with E-state index >= 15 is 0 Å². The molecule has 2 aliphatic rings. The van der Waals surface area contributed by atoms with Crippen molar-refractivity contribution in [3.8, 4) is 0 Å². The molecule has 122 valence electrons. The van der Waals surface area contributed by atoms with Gasteiger partial charge in [0.2, 0.25) is 5.91 Å². The number of fused-ring (bicyclic) bond motifs is 2. The number of hydrogen-bond donors (Lipinski definition) is 1. The van der Waals surface area contributed by atoms with E-state index < -0.39 is 8.07 Å². The molecular formula is C19H21N3OSi. The number of carbonyl (C=O) groups excluding carboxylic acids is 1. The van der Waals surface area contributed by atoms with Crippen LogP contribution >= 0.6 is 0 Å². The summed E-state index contributed by atoms with van der Waals surface area (Å²) in [6.07, 6.45) is 3.39. The van der Waals surface area contributed by atoms with Gasteiger partial charge < -0.3 is 10.2 Å². The quantitative estimate of drug-likeness (QED) is 0.812. The first-order valence-corrected chi connectivity index (χ1v) is 11.3. The zero-order chi connectivity index (χ0) is 16.9. The molecule has 1 atom stereocenters. The Bertz CT molecular complexity index is 797. The van der Waals surface area contributed by atoms with Gasteiger partial charge in [0.15, 0.2) is 0 Å². The van der Waals surface area contributed by atoms with E-state index in [1.807, 2.05) is 18.3 Å². The molecule has 1 amide bonds. The van der Waals surface area contributed by atoms with E-state index in [0.29, 0.717) is 0 Å². The van der Waals surface area contributed by atoms with Crippen LogP contribution in [0.4, 0.5) is 11.5 Å². The number of hydrogen-bond acceptors (Lipinski definition) is 3. The normalized spacial score (nSPS) is 21.8. The van der Waals surface area contributed by atoms with Gasteiger partial charge in [0.05, 0.1) is 0 Å². The van der Waals surface area contributed by atoms with Crippen LogP contribution in [0, 0.1) is 0 Å². The maximum absolute atomic E-state index is 12.7. The maximum atomic E-state index is 12.7. The Morgan fingerprint density at radius 1 is 1.21 bits per heavy atom. The average Bonchev–Trinajstić information content (AvgIpc) is 2.57. The molecule has 1 aromatic carbocycles. The van der Waals surface area contributed by atoms with Gasteiger partial charge >= 0.3 is 0 Å². The van der Waals surface area contributed by atoms with Gasteiger partial charge in [-0.25, -0.2) is 4.98 Å². The van der Waals surface area contributed by atoms with Gasteiger partial charge in [0.25, 0.3) is 0 Å². The van der Waals surface area contributed by atoms with Crippen LogP contribution in [0.2, 0.25) is 13.1 Å². The Morgan fingerprint density at radius 3 is 2.75 bits per heavy atom. The minimum atomic E-state index is -1.83. The monoisotopic (exact) mass is 335 g/mol. The predicted octanol–water partition coefficient (Wildman–Crippen LogP) is 2.15. The molecule has 2 aromatic rings. The molecule has 0 radical (unpaired) electrons. The first-order chi connectivity index (χ1) is 11.5. The van der Waals surface area contributed by atoms with Crippen LogP contribution in [0.25, 0.3) is 0 Å². The first-order valence-electron chi connectivity index (χ1n) is 8.33. The largest absolute Gasteiger partial charge is 0.329 e. The lowest BCUT2D eigenvalue weighted by Crippen LogP contribution is -2.62. The summed E-state index contributed by atoms with van der Waals surface area (Å²) in [7, 11) is -1.83. The standard InChI is InChI=1S/C19H21N3OSi/c1-13-10-11-15(19(23)21-13)22-14-7-4-5-8-16(14)24(2,3)17-9-6-12-20-18(17)22/h4-9,12,15H,1,10-11H2,2-3H3,(H,21,23). The summed E-state index contributed by atoms with van der Waals surface area (Å²) in [5.74, 6) is 0.958. The molecule has 2 aliphatic heterocycles. The van der Waals surface area contributed by atoms with Crippen molar-refractivity contribution >= 4 is 35.9 Å². The lowest BCUT2D eigenvalue weighted by Gasteiger charge is -2.44. The van der Waals surface area contributed by atoms with Crippen LogP contribution in [0.5, 0.6) is 0 Å². The summed E-state index contributed by atoms with van der Waals surface area (Å²) in [5.41, 5.74) is 1.94. The Morgan fingerprint density at radius 2 is 1.96 bits per heavy atom. The Hall–Kier alpha value is -2.40. The predicted molar refractivity (Wildman–Crippen MR) is 99.9 cm³/mol. The average molecular weight is 335 g/mol. The summed E-state index contributed by atoms with van der Waals surface area (Å²) >= 11 is 0. The number of piperidine rings is 1. The van der Waals surface area contributed by atoms with Crippen LogP contribution < -0.4 is 20.6 Å². The minimum absolute atomic E-state index is 0.0130. The van der Waals surface area contributed by atoms with Gasteiger partial charge in [0.1, 0.15) is 19.9 Å². The summed E-state index contributed by atoms with van der Waals surface area (Å²) in [4.78, 5) is 19.5. The second-order valence-corrected chi connectivity index (χ2v) is 11.4. The second kappa shape index (κ2) is 5.31. The summed E-state index contributed by atoms with van der Waals surface area (Å²) in [5, 5.41) is 5.57. The number of nitrogens with zero attached hydrogens (tertiary/aromatic N) is 2. The molecule has 1 N–H and O–H groups in total. The Kier molecular flexibility index (Phi) is 3.35. The number of amides is 1. The van der Waals surface area contributed by atoms with Gasteiger partial charge in [0, 0.05) is 17.6 Å². The minimum Gasteiger partial charge on any atom is -0.329 e. The Labute approximate surface area is 143 Å². The van der Waals surface area contributed by atoms with Crippen LogP contribution in [0.1, 0.15) is 12.8 Å². The number of anilines is 2. The van der Waals surface area contributed by atoms with E-state index in [2.05, 4.69) is 59.1 Å². The molecule has 5 heteroatoms. The lowest BCUT2D eigenvalue weighted by atomic mass is 10.0. The van der Waals surface area contributed by atoms with Gasteiger partial charge in [-0.3, -0.25) is 4.79 Å². The van der Waals surface area contributed by atoms with E-state index in [0.717, 1.165) is 30.0 Å². The molecule has 0 bridgehead atoms. The highest BCUT2D eigenvalue weighted by Crippen LogP contribution is 2.34. The summed E-state index contributed by atoms with van der Waals surface area (Å²) < 4.78 is 0. The number of carbonyl (C=O) groups is 1. The van der Waals surface area contributed by atoms with Crippen molar-refractivity contribution in [1.29, 1.82) is 0 Å². The third-order valence-electron chi connectivity index (χ3n) is 5.16. The van der Waals surface area contributed by atoms with E-state index in [1.54, 1.807) is 0 Å². The van der Waals surface area contributed by atoms with Gasteiger partial charge in [-0.2, -0.15) is 0 Å². The number of rotatable bonds is 1. The molecule has 3 heterocycles. The topological polar surface area (TPSA) is 45.2 Å². The molecule has 24 heavy (non-hydrogen) atoms. The third kappa shape index (κ3) is 2.12. The zero-order valence-electron chi connectivity index (χ0n) is 14.0. The summed E-state index contributed by atoms with van der Waals surface area (Å²) in [6, 6.07) is 12.4. The third-order valence-corrected chi connectivity index (χ3v) is 8.67. The van der Waals surface area contributed by atoms with Gasteiger partial charge in [-0.1, -0.05) is 43.9 Å². The second-order valence-electron chi connectivity index (χ2n) is 7.03. The fourth-order valence-corrected chi connectivity index (χ4v) is 6.78. The highest BCUT2D eigenvalue weighted by Gasteiger charge is 2.43. The van der Waals surface area contributed by atoms with Crippen LogP contribution in [0.3, 0.4) is 0 Å². The van der Waals surface area contributed by atoms with Gasteiger partial charge in [-0.15, -0.1) is 0 Å². The van der Waals surface area contributed by atoms with Crippen molar-refractivity contribution in [3.63, 3.8) is 0 Å². The van der Waals surface area contributed by atoms with E-state index in [1.165, 1.54) is 10.4 Å². The summed E-state index contributed by atoms with van der Waals surface area (Å²) in [6.45, 7) is 8.60. The lowest BCUT2D eigenvalue weighted by molar-refractivity contribution is -0.122.